The van der Waals surface area contributed by atoms with Crippen LogP contribution in [0.25, 0.3) is 5.69 Å². The summed E-state index contributed by atoms with van der Waals surface area (Å²) < 4.78 is 64.5. The van der Waals surface area contributed by atoms with Crippen LogP contribution in [-0.2, 0) is 16.4 Å². The number of aromatic nitrogens is 2. The third-order valence-corrected chi connectivity index (χ3v) is 5.69. The predicted molar refractivity (Wildman–Crippen MR) is 102 cm³/mol. The third-order valence-electron chi connectivity index (χ3n) is 4.31. The second kappa shape index (κ2) is 8.14. The van der Waals surface area contributed by atoms with Crippen LogP contribution in [-0.4, -0.2) is 28.6 Å². The SMILES string of the molecule is Cc1nccn1-c1ccc(CNc2ccc(S(=O)(=O)C(F)F)cc2[N+](=O)[O-])cc1F. The zero-order valence-electron chi connectivity index (χ0n) is 15.4. The molecule has 1 aromatic heterocycles. The summed E-state index contributed by atoms with van der Waals surface area (Å²) in [4.78, 5) is 13.5. The molecule has 2 aromatic carbocycles. The van der Waals surface area contributed by atoms with E-state index in [-0.39, 0.29) is 17.9 Å². The number of nitro groups is 1. The number of nitrogens with zero attached hydrogens (tertiary/aromatic N) is 3. The number of nitro benzene ring substituents is 1. The molecule has 1 N–H and O–H groups in total. The molecule has 0 aliphatic heterocycles. The Kier molecular flexibility index (Phi) is 5.78. The van der Waals surface area contributed by atoms with Crippen LogP contribution in [0.15, 0.2) is 53.7 Å². The van der Waals surface area contributed by atoms with Crippen LogP contribution in [0.4, 0.5) is 24.5 Å². The van der Waals surface area contributed by atoms with Crippen LogP contribution in [0.1, 0.15) is 11.4 Å². The maximum atomic E-state index is 14.5. The van der Waals surface area contributed by atoms with E-state index < -0.39 is 36.9 Å². The molecular weight excluding hydrogens is 425 g/mol. The van der Waals surface area contributed by atoms with Gasteiger partial charge < -0.3 is 9.88 Å². The third kappa shape index (κ3) is 4.13. The van der Waals surface area contributed by atoms with Crippen LogP contribution in [0.3, 0.4) is 0 Å². The minimum Gasteiger partial charge on any atom is -0.375 e. The number of hydrogen-bond donors (Lipinski definition) is 1. The molecule has 0 fully saturated rings. The molecule has 0 saturated carbocycles. The molecule has 0 bridgehead atoms. The molecule has 1 heterocycles. The molecule has 30 heavy (non-hydrogen) atoms. The van der Waals surface area contributed by atoms with Crippen molar-refractivity contribution < 1.29 is 26.5 Å². The van der Waals surface area contributed by atoms with Gasteiger partial charge in [0.15, 0.2) is 0 Å². The Labute approximate surface area is 169 Å². The first-order valence-electron chi connectivity index (χ1n) is 8.44. The molecule has 3 rings (SSSR count). The summed E-state index contributed by atoms with van der Waals surface area (Å²) in [6, 6.07) is 6.80. The first-order chi connectivity index (χ1) is 14.1. The Bertz CT molecular complexity index is 1210. The van der Waals surface area contributed by atoms with E-state index in [9.17, 15) is 31.7 Å². The molecule has 0 aliphatic carbocycles. The Balaban J connectivity index is 1.84. The van der Waals surface area contributed by atoms with E-state index in [1.54, 1.807) is 23.8 Å². The molecule has 0 unspecified atom stereocenters. The first kappa shape index (κ1) is 21.3. The van der Waals surface area contributed by atoms with Crippen LogP contribution < -0.4 is 5.32 Å². The van der Waals surface area contributed by atoms with Crippen LogP contribution in [0.5, 0.6) is 0 Å². The number of rotatable bonds is 7. The second-order valence-corrected chi connectivity index (χ2v) is 8.14. The van der Waals surface area contributed by atoms with Gasteiger partial charge in [-0.15, -0.1) is 0 Å². The van der Waals surface area contributed by atoms with Crippen molar-refractivity contribution in [3.05, 3.63) is 76.1 Å². The second-order valence-electron chi connectivity index (χ2n) is 6.23. The fourth-order valence-corrected chi connectivity index (χ4v) is 3.52. The Morgan fingerprint density at radius 2 is 1.97 bits per heavy atom. The minimum absolute atomic E-state index is 0.0259. The number of imidazole rings is 1. The molecule has 3 aromatic rings. The minimum atomic E-state index is -4.97. The summed E-state index contributed by atoms with van der Waals surface area (Å²) in [5.74, 6) is -3.64. The van der Waals surface area contributed by atoms with Gasteiger partial charge in [-0.25, -0.2) is 17.8 Å². The van der Waals surface area contributed by atoms with E-state index in [1.807, 2.05) is 0 Å². The average molecular weight is 440 g/mol. The van der Waals surface area contributed by atoms with Gasteiger partial charge in [-0.05, 0) is 36.8 Å². The van der Waals surface area contributed by atoms with Crippen molar-refractivity contribution in [2.45, 2.75) is 24.1 Å². The normalized spacial score (nSPS) is 11.6. The van der Waals surface area contributed by atoms with Crippen LogP contribution >= 0.6 is 0 Å². The van der Waals surface area contributed by atoms with Crippen LogP contribution in [0, 0.1) is 22.9 Å². The Morgan fingerprint density at radius 1 is 1.23 bits per heavy atom. The quantitative estimate of drug-likeness (QED) is 0.442. The van der Waals surface area contributed by atoms with E-state index in [2.05, 4.69) is 10.3 Å². The van der Waals surface area contributed by atoms with E-state index in [0.29, 0.717) is 17.5 Å². The van der Waals surface area contributed by atoms with Crippen molar-refractivity contribution >= 4 is 21.2 Å². The topological polar surface area (TPSA) is 107 Å². The highest BCUT2D eigenvalue weighted by Gasteiger charge is 2.29. The zero-order chi connectivity index (χ0) is 22.1. The molecule has 0 aliphatic rings. The molecule has 0 radical (unpaired) electrons. The summed E-state index contributed by atoms with van der Waals surface area (Å²) in [5.41, 5.74) is -0.0557. The average Bonchev–Trinajstić information content (AvgIpc) is 3.11. The number of nitrogens with one attached hydrogen (secondary N) is 1. The van der Waals surface area contributed by atoms with Crippen LogP contribution in [0.2, 0.25) is 0 Å². The standard InChI is InChI=1S/C18H15F3N4O4S/c1-11-22-6-7-24(11)16-5-2-12(8-14(16)19)10-23-15-4-3-13(9-17(15)25(26)27)30(28,29)18(20)21/h2-9,18,23H,10H2,1H3. The van der Waals surface area contributed by atoms with Gasteiger partial charge in [-0.1, -0.05) is 6.07 Å². The highest BCUT2D eigenvalue weighted by Crippen LogP contribution is 2.30. The van der Waals surface area contributed by atoms with Gasteiger partial charge in [0.25, 0.3) is 5.69 Å². The van der Waals surface area contributed by atoms with Crippen molar-refractivity contribution in [2.75, 3.05) is 5.32 Å². The maximum Gasteiger partial charge on any atom is 0.341 e. The monoisotopic (exact) mass is 440 g/mol. The summed E-state index contributed by atoms with van der Waals surface area (Å²) in [6.45, 7) is 1.69. The lowest BCUT2D eigenvalue weighted by Gasteiger charge is -2.11. The molecule has 12 heteroatoms. The summed E-state index contributed by atoms with van der Waals surface area (Å²) >= 11 is 0. The number of alkyl halides is 2. The zero-order valence-corrected chi connectivity index (χ0v) is 16.2. The van der Waals surface area contributed by atoms with Gasteiger partial charge >= 0.3 is 5.76 Å². The van der Waals surface area contributed by atoms with Gasteiger partial charge in [0, 0.05) is 25.0 Å². The summed E-state index contributed by atoms with van der Waals surface area (Å²) in [6.07, 6.45) is 3.13. The largest absolute Gasteiger partial charge is 0.375 e. The fourth-order valence-electron chi connectivity index (χ4n) is 2.78. The summed E-state index contributed by atoms with van der Waals surface area (Å²) in [5, 5.41) is 14.0. The first-order valence-corrected chi connectivity index (χ1v) is 9.99. The highest BCUT2D eigenvalue weighted by molar-refractivity contribution is 7.91. The number of aryl methyl sites for hydroxylation is 1. The van der Waals surface area contributed by atoms with E-state index in [1.165, 1.54) is 18.3 Å². The number of sulfone groups is 1. The van der Waals surface area contributed by atoms with Crippen molar-refractivity contribution in [2.24, 2.45) is 0 Å². The number of benzene rings is 2. The van der Waals surface area contributed by atoms with Gasteiger partial charge in [-0.2, -0.15) is 8.78 Å². The van der Waals surface area contributed by atoms with Crippen molar-refractivity contribution in [1.29, 1.82) is 0 Å². The molecule has 0 saturated heterocycles. The van der Waals surface area contributed by atoms with Crippen molar-refractivity contribution in [3.63, 3.8) is 0 Å². The van der Waals surface area contributed by atoms with Crippen molar-refractivity contribution in [3.8, 4) is 5.69 Å². The lowest BCUT2D eigenvalue weighted by molar-refractivity contribution is -0.384. The molecule has 158 valence electrons. The van der Waals surface area contributed by atoms with E-state index in [4.69, 9.17) is 0 Å². The van der Waals surface area contributed by atoms with Gasteiger partial charge in [0.05, 0.1) is 15.5 Å². The van der Waals surface area contributed by atoms with Gasteiger partial charge in [0.1, 0.15) is 17.3 Å². The molecule has 0 spiro atoms. The Morgan fingerprint density at radius 3 is 2.53 bits per heavy atom. The number of hydrogen-bond acceptors (Lipinski definition) is 6. The maximum absolute atomic E-state index is 14.5. The lowest BCUT2D eigenvalue weighted by Crippen LogP contribution is -2.12. The smallest absolute Gasteiger partial charge is 0.341 e. The number of anilines is 1. The predicted octanol–water partition coefficient (Wildman–Crippen LogP) is 3.84. The molecule has 0 amide bonds. The molecular formula is C18H15F3N4O4S. The summed E-state index contributed by atoms with van der Waals surface area (Å²) in [7, 11) is -4.97. The van der Waals surface area contributed by atoms with Gasteiger partial charge in [-0.3, -0.25) is 10.1 Å². The number of halogens is 3. The fraction of sp³-hybridized carbons (Fsp3) is 0.167. The molecule has 8 nitrogen and oxygen atoms in total. The van der Waals surface area contributed by atoms with E-state index >= 15 is 0 Å². The molecule has 0 atom stereocenters. The van der Waals surface area contributed by atoms with E-state index in [0.717, 1.165) is 12.1 Å². The Hall–Kier alpha value is -3.41. The highest BCUT2D eigenvalue weighted by atomic mass is 32.2. The van der Waals surface area contributed by atoms with Crippen molar-refractivity contribution in [1.82, 2.24) is 9.55 Å². The lowest BCUT2D eigenvalue weighted by atomic mass is 10.1. The van der Waals surface area contributed by atoms with Gasteiger partial charge in [0.2, 0.25) is 9.84 Å².